The molecule has 100 valence electrons. The topological polar surface area (TPSA) is 78.4 Å². The Balaban J connectivity index is 2.44. The van der Waals surface area contributed by atoms with Gasteiger partial charge in [-0.05, 0) is 19.1 Å². The number of hydrogen-bond donors (Lipinski definition) is 0. The molecular weight excluding hydrogens is 272 g/mol. The number of oxazole rings is 1. The lowest BCUT2D eigenvalue weighted by molar-refractivity contribution is -0.385. The molecule has 0 amide bonds. The lowest BCUT2D eigenvalue weighted by Crippen LogP contribution is -1.93. The molecule has 19 heavy (non-hydrogen) atoms. The molecule has 0 saturated carbocycles. The van der Waals surface area contributed by atoms with E-state index in [0.717, 1.165) is 0 Å². The largest absolute Gasteiger partial charge is 0.490 e. The normalized spacial score (nSPS) is 12.2. The molecule has 2 rings (SSSR count). The molecular formula is C12H11ClN2O4. The quantitative estimate of drug-likeness (QED) is 0.487. The second kappa shape index (κ2) is 5.27. The minimum Gasteiger partial charge on any atom is -0.490 e. The third-order valence-electron chi connectivity index (χ3n) is 2.52. The van der Waals surface area contributed by atoms with Crippen LogP contribution in [-0.4, -0.2) is 17.0 Å². The summed E-state index contributed by atoms with van der Waals surface area (Å²) >= 11 is 5.85. The van der Waals surface area contributed by atoms with Gasteiger partial charge in [-0.25, -0.2) is 4.98 Å². The molecule has 1 atom stereocenters. The number of nitrogens with zero attached hydrogens (tertiary/aromatic N) is 2. The summed E-state index contributed by atoms with van der Waals surface area (Å²) in [6.07, 6.45) is 1.49. The first kappa shape index (κ1) is 13.4. The Hall–Kier alpha value is -2.08. The number of aromatic nitrogens is 1. The third kappa shape index (κ3) is 2.68. The van der Waals surface area contributed by atoms with E-state index in [2.05, 4.69) is 4.98 Å². The van der Waals surface area contributed by atoms with Gasteiger partial charge in [-0.1, -0.05) is 0 Å². The van der Waals surface area contributed by atoms with E-state index in [1.807, 2.05) is 0 Å². The van der Waals surface area contributed by atoms with Gasteiger partial charge in [0.05, 0.1) is 18.2 Å². The highest BCUT2D eigenvalue weighted by molar-refractivity contribution is 6.20. The molecule has 0 aliphatic carbocycles. The van der Waals surface area contributed by atoms with Gasteiger partial charge < -0.3 is 9.15 Å². The number of hydrogen-bond acceptors (Lipinski definition) is 5. The maximum Gasteiger partial charge on any atom is 0.311 e. The van der Waals surface area contributed by atoms with Crippen molar-refractivity contribution in [1.29, 1.82) is 0 Å². The Kier molecular flexibility index (Phi) is 3.71. The molecule has 0 saturated heterocycles. The van der Waals surface area contributed by atoms with Crippen LogP contribution >= 0.6 is 11.6 Å². The first-order chi connectivity index (χ1) is 9.02. The molecule has 1 aromatic heterocycles. The van der Waals surface area contributed by atoms with E-state index in [-0.39, 0.29) is 16.8 Å². The first-order valence-electron chi connectivity index (χ1n) is 5.45. The Morgan fingerprint density at radius 2 is 2.26 bits per heavy atom. The van der Waals surface area contributed by atoms with Gasteiger partial charge >= 0.3 is 5.69 Å². The van der Waals surface area contributed by atoms with Crippen molar-refractivity contribution in [3.8, 4) is 17.1 Å². The SMILES string of the molecule is COc1ccc(-c2cnc(C(C)Cl)o2)cc1[N+](=O)[O-]. The number of halogens is 1. The number of methoxy groups -OCH3 is 1. The molecule has 1 heterocycles. The predicted molar refractivity (Wildman–Crippen MR) is 69.4 cm³/mol. The molecule has 0 fully saturated rings. The highest BCUT2D eigenvalue weighted by Crippen LogP contribution is 2.33. The van der Waals surface area contributed by atoms with Crippen LogP contribution < -0.4 is 4.74 Å². The van der Waals surface area contributed by atoms with Gasteiger partial charge in [-0.2, -0.15) is 0 Å². The Morgan fingerprint density at radius 1 is 1.53 bits per heavy atom. The van der Waals surface area contributed by atoms with E-state index >= 15 is 0 Å². The smallest absolute Gasteiger partial charge is 0.311 e. The number of alkyl halides is 1. The number of nitro groups is 1. The molecule has 0 aliphatic heterocycles. The maximum atomic E-state index is 10.9. The summed E-state index contributed by atoms with van der Waals surface area (Å²) in [5, 5.41) is 10.6. The van der Waals surface area contributed by atoms with Gasteiger partial charge in [0.2, 0.25) is 5.89 Å². The van der Waals surface area contributed by atoms with Crippen molar-refractivity contribution in [2.45, 2.75) is 12.3 Å². The number of rotatable bonds is 4. The summed E-state index contributed by atoms with van der Waals surface area (Å²) in [6, 6.07) is 4.55. The van der Waals surface area contributed by atoms with Crippen LogP contribution in [0.25, 0.3) is 11.3 Å². The summed E-state index contributed by atoms with van der Waals surface area (Å²) in [4.78, 5) is 14.4. The average Bonchev–Trinajstić information content (AvgIpc) is 2.87. The first-order valence-corrected chi connectivity index (χ1v) is 5.89. The Morgan fingerprint density at radius 3 is 2.79 bits per heavy atom. The average molecular weight is 283 g/mol. The van der Waals surface area contributed by atoms with Crippen LogP contribution in [0.2, 0.25) is 0 Å². The number of benzene rings is 1. The van der Waals surface area contributed by atoms with E-state index in [1.54, 1.807) is 13.0 Å². The van der Waals surface area contributed by atoms with E-state index < -0.39 is 4.92 Å². The molecule has 0 aliphatic rings. The highest BCUT2D eigenvalue weighted by Gasteiger charge is 2.18. The van der Waals surface area contributed by atoms with Gasteiger partial charge in [-0.3, -0.25) is 10.1 Å². The van der Waals surface area contributed by atoms with Crippen molar-refractivity contribution < 1.29 is 14.1 Å². The van der Waals surface area contributed by atoms with Gasteiger partial charge in [0.25, 0.3) is 0 Å². The summed E-state index contributed by atoms with van der Waals surface area (Å²) in [5.41, 5.74) is 0.417. The molecule has 0 bridgehead atoms. The highest BCUT2D eigenvalue weighted by atomic mass is 35.5. The standard InChI is InChI=1S/C12H11ClN2O4/c1-7(13)12-14-6-11(19-12)8-3-4-10(18-2)9(5-8)15(16)17/h3-7H,1-2H3. The van der Waals surface area contributed by atoms with Crippen molar-refractivity contribution in [2.75, 3.05) is 7.11 Å². The number of ether oxygens (including phenoxy) is 1. The monoisotopic (exact) mass is 282 g/mol. The molecule has 1 unspecified atom stereocenters. The van der Waals surface area contributed by atoms with Crippen LogP contribution in [0.4, 0.5) is 5.69 Å². The third-order valence-corrected chi connectivity index (χ3v) is 2.71. The number of nitro benzene ring substituents is 1. The van der Waals surface area contributed by atoms with E-state index in [4.69, 9.17) is 20.8 Å². The van der Waals surface area contributed by atoms with Gasteiger partial charge in [0.1, 0.15) is 5.38 Å². The van der Waals surface area contributed by atoms with Crippen LogP contribution in [0.15, 0.2) is 28.8 Å². The van der Waals surface area contributed by atoms with Crippen LogP contribution in [0.3, 0.4) is 0 Å². The second-order valence-electron chi connectivity index (χ2n) is 3.82. The van der Waals surface area contributed by atoms with Crippen molar-refractivity contribution in [3.05, 3.63) is 40.4 Å². The summed E-state index contributed by atoms with van der Waals surface area (Å²) in [7, 11) is 1.38. The molecule has 7 heteroatoms. The van der Waals surface area contributed by atoms with Gasteiger partial charge in [-0.15, -0.1) is 11.6 Å². The van der Waals surface area contributed by atoms with E-state index in [9.17, 15) is 10.1 Å². The lowest BCUT2D eigenvalue weighted by atomic mass is 10.1. The fourth-order valence-electron chi connectivity index (χ4n) is 1.59. The fraction of sp³-hybridized carbons (Fsp3) is 0.250. The molecule has 2 aromatic rings. The second-order valence-corrected chi connectivity index (χ2v) is 4.48. The zero-order valence-corrected chi connectivity index (χ0v) is 11.0. The van der Waals surface area contributed by atoms with Crippen LogP contribution in [-0.2, 0) is 0 Å². The van der Waals surface area contributed by atoms with E-state index in [0.29, 0.717) is 17.2 Å². The van der Waals surface area contributed by atoms with Gasteiger partial charge in [0.15, 0.2) is 11.5 Å². The zero-order valence-electron chi connectivity index (χ0n) is 10.3. The summed E-state index contributed by atoms with van der Waals surface area (Å²) < 4.78 is 10.4. The minimum absolute atomic E-state index is 0.128. The molecule has 1 aromatic carbocycles. The lowest BCUT2D eigenvalue weighted by Gasteiger charge is -2.03. The van der Waals surface area contributed by atoms with Crippen molar-refractivity contribution in [3.63, 3.8) is 0 Å². The van der Waals surface area contributed by atoms with Crippen LogP contribution in [0.5, 0.6) is 5.75 Å². The van der Waals surface area contributed by atoms with Crippen molar-refractivity contribution >= 4 is 17.3 Å². The summed E-state index contributed by atoms with van der Waals surface area (Å²) in [6.45, 7) is 1.73. The Labute approximate surface area is 114 Å². The Bertz CT molecular complexity index is 610. The predicted octanol–water partition coefficient (Wildman–Crippen LogP) is 3.56. The maximum absolute atomic E-state index is 10.9. The van der Waals surface area contributed by atoms with Crippen LogP contribution in [0.1, 0.15) is 18.2 Å². The van der Waals surface area contributed by atoms with Gasteiger partial charge in [0, 0.05) is 11.6 Å². The summed E-state index contributed by atoms with van der Waals surface area (Å²) in [5.74, 6) is 0.989. The van der Waals surface area contributed by atoms with Crippen molar-refractivity contribution in [1.82, 2.24) is 4.98 Å². The molecule has 0 radical (unpaired) electrons. The molecule has 0 spiro atoms. The van der Waals surface area contributed by atoms with E-state index in [1.165, 1.54) is 25.4 Å². The minimum atomic E-state index is -0.510. The zero-order chi connectivity index (χ0) is 14.0. The van der Waals surface area contributed by atoms with Crippen LogP contribution in [0, 0.1) is 10.1 Å². The fourth-order valence-corrected chi connectivity index (χ4v) is 1.69. The molecule has 0 N–H and O–H groups in total. The molecule has 6 nitrogen and oxygen atoms in total. The van der Waals surface area contributed by atoms with Crippen molar-refractivity contribution in [2.24, 2.45) is 0 Å².